The molecule has 9 heteroatoms. The van der Waals surface area contributed by atoms with Gasteiger partial charge in [0.05, 0.1) is 28.0 Å². The first kappa shape index (κ1) is 23.3. The first-order valence-corrected chi connectivity index (χ1v) is 11.5. The van der Waals surface area contributed by atoms with E-state index < -0.39 is 0 Å². The predicted molar refractivity (Wildman–Crippen MR) is 131 cm³/mol. The van der Waals surface area contributed by atoms with Crippen LogP contribution in [0.5, 0.6) is 5.88 Å². The monoisotopic (exact) mass is 485 g/mol. The van der Waals surface area contributed by atoms with Gasteiger partial charge in [0.1, 0.15) is 12.3 Å². The summed E-state index contributed by atoms with van der Waals surface area (Å²) in [5, 5.41) is 0.736. The fourth-order valence-corrected chi connectivity index (χ4v) is 4.35. The Kier molecular flexibility index (Phi) is 7.00. The van der Waals surface area contributed by atoms with Crippen LogP contribution < -0.4 is 10.5 Å². The molecule has 33 heavy (non-hydrogen) atoms. The Morgan fingerprint density at radius 1 is 1.33 bits per heavy atom. The summed E-state index contributed by atoms with van der Waals surface area (Å²) in [6.07, 6.45) is 7.96. The SMILES string of the molecule is C=C(/N=C\C=C/N)c1ccc(C)nc1C(=O)N1C[C@@H]2C[C@@H]2C[C@H]1COc1cc(Cl)c(Cl)cn1. The molecular weight excluding hydrogens is 461 g/mol. The summed E-state index contributed by atoms with van der Waals surface area (Å²) in [4.78, 5) is 28.6. The van der Waals surface area contributed by atoms with E-state index in [1.165, 1.54) is 18.6 Å². The van der Waals surface area contributed by atoms with Crippen LogP contribution in [0.4, 0.5) is 0 Å². The molecule has 1 aliphatic carbocycles. The molecule has 2 N–H and O–H groups in total. The van der Waals surface area contributed by atoms with Crippen molar-refractivity contribution < 1.29 is 9.53 Å². The summed E-state index contributed by atoms with van der Waals surface area (Å²) in [5.74, 6) is 1.37. The van der Waals surface area contributed by atoms with E-state index in [0.717, 1.165) is 18.5 Å². The van der Waals surface area contributed by atoms with Gasteiger partial charge in [-0.1, -0.05) is 29.8 Å². The molecular formula is C24H25Cl2N5O2. The topological polar surface area (TPSA) is 93.7 Å². The van der Waals surface area contributed by atoms with Crippen molar-refractivity contribution in [2.24, 2.45) is 22.6 Å². The normalized spacial score (nSPS) is 21.9. The van der Waals surface area contributed by atoms with E-state index in [1.54, 1.807) is 12.1 Å². The van der Waals surface area contributed by atoms with Crippen LogP contribution in [-0.4, -0.2) is 46.2 Å². The number of carbonyl (C=O) groups excluding carboxylic acids is 1. The summed E-state index contributed by atoms with van der Waals surface area (Å²) in [6, 6.07) is 5.15. The Bertz CT molecular complexity index is 1130. The molecule has 3 atom stereocenters. The average Bonchev–Trinajstić information content (AvgIpc) is 3.57. The van der Waals surface area contributed by atoms with Gasteiger partial charge < -0.3 is 15.4 Å². The van der Waals surface area contributed by atoms with Gasteiger partial charge >= 0.3 is 0 Å². The van der Waals surface area contributed by atoms with Crippen LogP contribution in [0.25, 0.3) is 5.70 Å². The second-order valence-electron chi connectivity index (χ2n) is 8.31. The molecule has 2 aliphatic rings. The summed E-state index contributed by atoms with van der Waals surface area (Å²) in [6.45, 7) is 6.84. The zero-order valence-electron chi connectivity index (χ0n) is 18.2. The summed E-state index contributed by atoms with van der Waals surface area (Å²) in [5.41, 5.74) is 7.48. The van der Waals surface area contributed by atoms with Crippen molar-refractivity contribution in [3.05, 3.63) is 70.2 Å². The molecule has 172 valence electrons. The Morgan fingerprint density at radius 2 is 2.15 bits per heavy atom. The maximum absolute atomic E-state index is 13.7. The molecule has 0 aromatic carbocycles. The first-order valence-electron chi connectivity index (χ1n) is 10.7. The fraction of sp³-hybridized carbons (Fsp3) is 0.333. The van der Waals surface area contributed by atoms with Gasteiger partial charge in [-0.25, -0.2) is 9.97 Å². The van der Waals surface area contributed by atoms with Crippen LogP contribution in [0.15, 0.2) is 48.2 Å². The maximum atomic E-state index is 13.7. The lowest BCUT2D eigenvalue weighted by molar-refractivity contribution is 0.0502. The molecule has 2 aromatic rings. The minimum Gasteiger partial charge on any atom is -0.475 e. The van der Waals surface area contributed by atoms with Gasteiger partial charge in [-0.2, -0.15) is 0 Å². The van der Waals surface area contributed by atoms with Crippen LogP contribution in [0, 0.1) is 18.8 Å². The number of pyridine rings is 2. The van der Waals surface area contributed by atoms with E-state index in [-0.39, 0.29) is 11.9 Å². The predicted octanol–water partition coefficient (Wildman–Crippen LogP) is 4.54. The standard InChI is InChI=1S/C24H25Cl2N5O2/c1-14-4-5-19(15(2)28-7-3-6-27)23(30-14)24(32)31-12-17-8-16(17)9-18(31)13-33-22-10-20(25)21(26)11-29-22/h3-7,10-11,16-18H,2,8-9,12-13,27H2,1H3/b6-3-,28-7-/t16-,17+,18+/m1/s1. The van der Waals surface area contributed by atoms with E-state index >= 15 is 0 Å². The molecule has 2 fully saturated rings. The number of ether oxygens (including phenoxy) is 1. The highest BCUT2D eigenvalue weighted by Crippen LogP contribution is 2.47. The van der Waals surface area contributed by atoms with Crippen molar-refractivity contribution in [2.45, 2.75) is 25.8 Å². The van der Waals surface area contributed by atoms with Gasteiger partial charge in [-0.15, -0.1) is 0 Å². The number of aromatic nitrogens is 2. The van der Waals surface area contributed by atoms with E-state index in [1.807, 2.05) is 24.0 Å². The van der Waals surface area contributed by atoms with Crippen molar-refractivity contribution in [3.8, 4) is 5.88 Å². The third kappa shape index (κ3) is 5.37. The van der Waals surface area contributed by atoms with E-state index in [2.05, 4.69) is 21.5 Å². The number of amides is 1. The second-order valence-corrected chi connectivity index (χ2v) is 9.12. The molecule has 1 aliphatic heterocycles. The molecule has 0 radical (unpaired) electrons. The number of carbonyl (C=O) groups is 1. The Balaban J connectivity index is 1.57. The zero-order valence-corrected chi connectivity index (χ0v) is 19.8. The van der Waals surface area contributed by atoms with Gasteiger partial charge in [-0.3, -0.25) is 9.79 Å². The fourth-order valence-electron chi connectivity index (χ4n) is 4.11. The molecule has 0 unspecified atom stereocenters. The lowest BCUT2D eigenvalue weighted by Gasteiger charge is -2.35. The Morgan fingerprint density at radius 3 is 2.91 bits per heavy atom. The Labute approximate surface area is 203 Å². The molecule has 1 saturated heterocycles. The van der Waals surface area contributed by atoms with Crippen molar-refractivity contribution in [1.82, 2.24) is 14.9 Å². The number of rotatable bonds is 7. The zero-order chi connectivity index (χ0) is 23.5. The molecule has 4 rings (SSSR count). The van der Waals surface area contributed by atoms with Crippen LogP contribution in [0.3, 0.4) is 0 Å². The quantitative estimate of drug-likeness (QED) is 0.581. The van der Waals surface area contributed by atoms with E-state index in [4.69, 9.17) is 33.7 Å². The van der Waals surface area contributed by atoms with E-state index in [0.29, 0.717) is 57.9 Å². The number of aryl methyl sites for hydroxylation is 1. The molecule has 0 spiro atoms. The Hall–Kier alpha value is -2.90. The first-order chi connectivity index (χ1) is 15.9. The van der Waals surface area contributed by atoms with Crippen LogP contribution in [0.2, 0.25) is 10.0 Å². The van der Waals surface area contributed by atoms with Gasteiger partial charge in [-0.05, 0) is 56.0 Å². The molecule has 7 nitrogen and oxygen atoms in total. The number of hydrogen-bond donors (Lipinski definition) is 1. The number of piperidine rings is 1. The van der Waals surface area contributed by atoms with Crippen molar-refractivity contribution in [1.29, 1.82) is 0 Å². The number of likely N-dealkylation sites (tertiary alicyclic amines) is 1. The van der Waals surface area contributed by atoms with Crippen molar-refractivity contribution in [3.63, 3.8) is 0 Å². The summed E-state index contributed by atoms with van der Waals surface area (Å²) in [7, 11) is 0. The second kappa shape index (κ2) is 9.93. The van der Waals surface area contributed by atoms with Gasteiger partial charge in [0, 0.05) is 30.1 Å². The highest BCUT2D eigenvalue weighted by molar-refractivity contribution is 6.41. The van der Waals surface area contributed by atoms with E-state index in [9.17, 15) is 4.79 Å². The minimum absolute atomic E-state index is 0.107. The number of halogens is 2. The highest BCUT2D eigenvalue weighted by Gasteiger charge is 2.47. The van der Waals surface area contributed by atoms with Crippen LogP contribution >= 0.6 is 23.2 Å². The third-order valence-corrected chi connectivity index (χ3v) is 6.67. The van der Waals surface area contributed by atoms with Crippen molar-refractivity contribution in [2.75, 3.05) is 13.2 Å². The van der Waals surface area contributed by atoms with Gasteiger partial charge in [0.15, 0.2) is 0 Å². The number of aliphatic imine (C=N–C) groups is 1. The van der Waals surface area contributed by atoms with Crippen LogP contribution in [-0.2, 0) is 0 Å². The molecule has 2 aromatic heterocycles. The summed E-state index contributed by atoms with van der Waals surface area (Å²) >= 11 is 12.0. The third-order valence-electron chi connectivity index (χ3n) is 5.96. The number of hydrogen-bond acceptors (Lipinski definition) is 6. The number of nitrogens with zero attached hydrogens (tertiary/aromatic N) is 4. The minimum atomic E-state index is -0.152. The van der Waals surface area contributed by atoms with Gasteiger partial charge in [0.2, 0.25) is 5.88 Å². The highest BCUT2D eigenvalue weighted by atomic mass is 35.5. The summed E-state index contributed by atoms with van der Waals surface area (Å²) < 4.78 is 5.90. The van der Waals surface area contributed by atoms with Crippen molar-refractivity contribution >= 4 is 41.0 Å². The smallest absolute Gasteiger partial charge is 0.273 e. The molecule has 1 saturated carbocycles. The lowest BCUT2D eigenvalue weighted by Crippen LogP contribution is -2.48. The van der Waals surface area contributed by atoms with Gasteiger partial charge in [0.25, 0.3) is 5.91 Å². The number of nitrogens with two attached hydrogens (primary N) is 1. The molecule has 3 heterocycles. The number of fused-ring (bicyclic) bond motifs is 1. The molecule has 0 bridgehead atoms. The van der Waals surface area contributed by atoms with Crippen LogP contribution in [0.1, 0.15) is 34.6 Å². The average molecular weight is 486 g/mol. The molecule has 1 amide bonds. The largest absolute Gasteiger partial charge is 0.475 e. The number of allylic oxidation sites excluding steroid dienone is 1. The lowest BCUT2D eigenvalue weighted by atomic mass is 10.0. The maximum Gasteiger partial charge on any atom is 0.273 e.